The van der Waals surface area contributed by atoms with E-state index in [1.165, 1.54) is 11.3 Å². The Morgan fingerprint density at radius 2 is 2.00 bits per heavy atom. The molecule has 0 fully saturated rings. The molecule has 3 rings (SSSR count). The van der Waals surface area contributed by atoms with Crippen molar-refractivity contribution < 1.29 is 0 Å². The van der Waals surface area contributed by atoms with Crippen LogP contribution in [0.2, 0.25) is 0 Å². The summed E-state index contributed by atoms with van der Waals surface area (Å²) in [7, 11) is 0. The predicted molar refractivity (Wildman–Crippen MR) is 76.8 cm³/mol. The molecule has 0 atom stereocenters. The van der Waals surface area contributed by atoms with Gasteiger partial charge in [0.15, 0.2) is 0 Å². The zero-order valence-electron chi connectivity index (χ0n) is 9.25. The van der Waals surface area contributed by atoms with Crippen molar-refractivity contribution in [3.63, 3.8) is 0 Å². The second-order valence-electron chi connectivity index (χ2n) is 3.69. The minimum atomic E-state index is 0.632. The van der Waals surface area contributed by atoms with E-state index in [-0.39, 0.29) is 0 Å². The summed E-state index contributed by atoms with van der Waals surface area (Å²) >= 11 is 4.93. The number of hydrogen-bond acceptors (Lipinski definition) is 4. The third-order valence-electron chi connectivity index (χ3n) is 2.47. The highest BCUT2D eigenvalue weighted by Gasteiger charge is 2.11. The summed E-state index contributed by atoms with van der Waals surface area (Å²) in [6.07, 6.45) is 3.55. The fraction of sp³-hybridized carbons (Fsp3) is 0. The van der Waals surface area contributed by atoms with Gasteiger partial charge >= 0.3 is 0 Å². The lowest BCUT2D eigenvalue weighted by atomic mass is 10.3. The number of nitrogen functional groups attached to an aromatic ring is 1. The van der Waals surface area contributed by atoms with Crippen LogP contribution in [0.5, 0.6) is 0 Å². The van der Waals surface area contributed by atoms with Crippen LogP contribution in [0.1, 0.15) is 0 Å². The van der Waals surface area contributed by atoms with E-state index in [0.29, 0.717) is 5.69 Å². The molecule has 0 aliphatic carbocycles. The molecule has 3 aromatic rings. The molecule has 1 aromatic carbocycles. The van der Waals surface area contributed by atoms with Gasteiger partial charge in [0.2, 0.25) is 0 Å². The summed E-state index contributed by atoms with van der Waals surface area (Å²) < 4.78 is 2.80. The molecule has 90 valence electrons. The number of rotatable bonds is 2. The predicted octanol–water partition coefficient (Wildman–Crippen LogP) is 3.34. The molecule has 0 saturated heterocycles. The Balaban J connectivity index is 2.05. The Bertz CT molecular complexity index is 658. The maximum atomic E-state index is 5.97. The first-order valence-electron chi connectivity index (χ1n) is 5.25. The maximum Gasteiger partial charge on any atom is 0.145 e. The van der Waals surface area contributed by atoms with E-state index in [2.05, 4.69) is 26.0 Å². The van der Waals surface area contributed by atoms with E-state index >= 15 is 0 Å². The highest BCUT2D eigenvalue weighted by molar-refractivity contribution is 9.10. The Labute approximate surface area is 116 Å². The van der Waals surface area contributed by atoms with Crippen molar-refractivity contribution >= 4 is 33.0 Å². The summed E-state index contributed by atoms with van der Waals surface area (Å²) in [5.74, 6) is 0. The van der Waals surface area contributed by atoms with Crippen molar-refractivity contribution in [3.8, 4) is 16.4 Å². The molecule has 0 unspecified atom stereocenters. The molecule has 0 saturated carbocycles. The molecule has 6 heteroatoms. The number of hydrogen-bond donors (Lipinski definition) is 1. The monoisotopic (exact) mass is 320 g/mol. The number of aromatic nitrogens is 3. The minimum absolute atomic E-state index is 0.632. The standard InChI is InChI=1S/C12H9BrN4S/c13-8-1-3-9(4-2-8)17-7-10(14)11(16-17)12-15-5-6-18-12/h1-7H,14H2. The Hall–Kier alpha value is -1.66. The lowest BCUT2D eigenvalue weighted by molar-refractivity contribution is 0.883. The van der Waals surface area contributed by atoms with Crippen LogP contribution in [-0.4, -0.2) is 14.8 Å². The first-order valence-corrected chi connectivity index (χ1v) is 6.92. The number of halogens is 1. The normalized spacial score (nSPS) is 10.7. The average molecular weight is 321 g/mol. The lowest BCUT2D eigenvalue weighted by Crippen LogP contribution is -1.94. The van der Waals surface area contributed by atoms with Crippen molar-refractivity contribution in [1.82, 2.24) is 14.8 Å². The largest absolute Gasteiger partial charge is 0.396 e. The number of thiazole rings is 1. The Kier molecular flexibility index (Phi) is 2.89. The van der Waals surface area contributed by atoms with Gasteiger partial charge in [0.1, 0.15) is 10.7 Å². The highest BCUT2D eigenvalue weighted by atomic mass is 79.9. The van der Waals surface area contributed by atoms with Crippen molar-refractivity contribution in [2.24, 2.45) is 0 Å². The molecule has 4 nitrogen and oxygen atoms in total. The van der Waals surface area contributed by atoms with Gasteiger partial charge in [0, 0.05) is 16.0 Å². The topological polar surface area (TPSA) is 56.7 Å². The molecule has 2 heterocycles. The quantitative estimate of drug-likeness (QED) is 0.787. The summed E-state index contributed by atoms with van der Waals surface area (Å²) in [5.41, 5.74) is 8.30. The van der Waals surface area contributed by atoms with Gasteiger partial charge in [-0.3, -0.25) is 0 Å². The molecular formula is C12H9BrN4S. The first-order chi connectivity index (χ1) is 8.74. The molecular weight excluding hydrogens is 312 g/mol. The van der Waals surface area contributed by atoms with Gasteiger partial charge in [0.05, 0.1) is 17.6 Å². The molecule has 0 radical (unpaired) electrons. The van der Waals surface area contributed by atoms with Crippen molar-refractivity contribution in [2.75, 3.05) is 5.73 Å². The van der Waals surface area contributed by atoms with Gasteiger partial charge in [-0.05, 0) is 24.3 Å². The van der Waals surface area contributed by atoms with E-state index < -0.39 is 0 Å². The molecule has 2 aromatic heterocycles. The number of nitrogens with zero attached hydrogens (tertiary/aromatic N) is 3. The molecule has 0 amide bonds. The van der Waals surface area contributed by atoms with Gasteiger partial charge in [-0.25, -0.2) is 9.67 Å². The summed E-state index contributed by atoms with van der Waals surface area (Å²) in [5, 5.41) is 7.22. The minimum Gasteiger partial charge on any atom is -0.396 e. The van der Waals surface area contributed by atoms with Crippen LogP contribution in [0.3, 0.4) is 0 Å². The lowest BCUT2D eigenvalue weighted by Gasteiger charge is -2.00. The zero-order chi connectivity index (χ0) is 12.5. The second kappa shape index (κ2) is 4.55. The van der Waals surface area contributed by atoms with Crippen LogP contribution in [0, 0.1) is 0 Å². The average Bonchev–Trinajstić information content (AvgIpc) is 2.99. The van der Waals surface area contributed by atoms with Crippen LogP contribution in [0.4, 0.5) is 5.69 Å². The van der Waals surface area contributed by atoms with Crippen LogP contribution in [0.15, 0.2) is 46.5 Å². The fourth-order valence-corrected chi connectivity index (χ4v) is 2.53. The number of nitrogens with two attached hydrogens (primary N) is 1. The van der Waals surface area contributed by atoms with Gasteiger partial charge in [-0.1, -0.05) is 15.9 Å². The fourth-order valence-electron chi connectivity index (χ4n) is 1.62. The van der Waals surface area contributed by atoms with Gasteiger partial charge in [-0.2, -0.15) is 5.10 Å². The summed E-state index contributed by atoms with van der Waals surface area (Å²) in [6.45, 7) is 0. The molecule has 0 aliphatic rings. The van der Waals surface area contributed by atoms with Crippen molar-refractivity contribution in [2.45, 2.75) is 0 Å². The summed E-state index contributed by atoms with van der Waals surface area (Å²) in [6, 6.07) is 7.89. The zero-order valence-corrected chi connectivity index (χ0v) is 11.6. The van der Waals surface area contributed by atoms with Crippen LogP contribution >= 0.6 is 27.3 Å². The summed E-state index contributed by atoms with van der Waals surface area (Å²) in [4.78, 5) is 4.22. The van der Waals surface area contributed by atoms with Crippen molar-refractivity contribution in [3.05, 3.63) is 46.5 Å². The van der Waals surface area contributed by atoms with E-state index in [4.69, 9.17) is 5.73 Å². The number of benzene rings is 1. The Morgan fingerprint density at radius 1 is 1.22 bits per heavy atom. The van der Waals surface area contributed by atoms with Gasteiger partial charge < -0.3 is 5.73 Å². The van der Waals surface area contributed by atoms with E-state index in [0.717, 1.165) is 20.9 Å². The van der Waals surface area contributed by atoms with Crippen LogP contribution in [-0.2, 0) is 0 Å². The molecule has 0 aliphatic heterocycles. The van der Waals surface area contributed by atoms with Crippen molar-refractivity contribution in [1.29, 1.82) is 0 Å². The van der Waals surface area contributed by atoms with Gasteiger partial charge in [-0.15, -0.1) is 11.3 Å². The van der Waals surface area contributed by atoms with E-state index in [1.807, 2.05) is 29.6 Å². The Morgan fingerprint density at radius 3 is 2.67 bits per heavy atom. The molecule has 0 bridgehead atoms. The third kappa shape index (κ3) is 2.04. The first kappa shape index (κ1) is 11.4. The number of anilines is 1. The molecule has 0 spiro atoms. The van der Waals surface area contributed by atoms with E-state index in [9.17, 15) is 0 Å². The van der Waals surface area contributed by atoms with Crippen LogP contribution < -0.4 is 5.73 Å². The molecule has 2 N–H and O–H groups in total. The highest BCUT2D eigenvalue weighted by Crippen LogP contribution is 2.27. The van der Waals surface area contributed by atoms with Gasteiger partial charge in [0.25, 0.3) is 0 Å². The SMILES string of the molecule is Nc1cn(-c2ccc(Br)cc2)nc1-c1nccs1. The van der Waals surface area contributed by atoms with E-state index in [1.54, 1.807) is 17.1 Å². The van der Waals surface area contributed by atoms with Crippen LogP contribution in [0.25, 0.3) is 16.4 Å². The molecule has 18 heavy (non-hydrogen) atoms. The third-order valence-corrected chi connectivity index (χ3v) is 3.78. The maximum absolute atomic E-state index is 5.97. The second-order valence-corrected chi connectivity index (χ2v) is 5.50. The smallest absolute Gasteiger partial charge is 0.145 e.